The Morgan fingerprint density at radius 2 is 2.13 bits per heavy atom. The van der Waals surface area contributed by atoms with Crippen molar-refractivity contribution in [1.82, 2.24) is 4.90 Å². The highest BCUT2D eigenvalue weighted by Gasteiger charge is 2.59. The molecule has 3 rings (SSSR count). The maximum Gasteiger partial charge on any atom is 0.314 e. The zero-order valence-electron chi connectivity index (χ0n) is 13.3. The number of likely N-dealkylation sites (tertiary alicyclic amines) is 1. The van der Waals surface area contributed by atoms with E-state index in [2.05, 4.69) is 0 Å². The molecule has 1 aromatic carbocycles. The number of alkyl halides is 1. The smallest absolute Gasteiger partial charge is 0.314 e. The van der Waals surface area contributed by atoms with Gasteiger partial charge in [0.1, 0.15) is 0 Å². The maximum atomic E-state index is 14.4. The molecule has 0 spiro atoms. The Balaban J connectivity index is 1.91. The maximum absolute atomic E-state index is 14.4. The van der Waals surface area contributed by atoms with E-state index in [1.54, 1.807) is 11.8 Å². The molecule has 0 bridgehead atoms. The first-order chi connectivity index (χ1) is 11.1. The van der Waals surface area contributed by atoms with E-state index >= 15 is 0 Å². The second-order valence-corrected chi connectivity index (χ2v) is 6.41. The molecule has 0 aromatic heterocycles. The van der Waals surface area contributed by atoms with Gasteiger partial charge in [-0.3, -0.25) is 9.59 Å². The van der Waals surface area contributed by atoms with Crippen LogP contribution in [0.1, 0.15) is 38.2 Å². The van der Waals surface area contributed by atoms with Crippen molar-refractivity contribution in [2.24, 2.45) is 5.41 Å². The van der Waals surface area contributed by atoms with Crippen LogP contribution < -0.4 is 0 Å². The Labute approximate surface area is 135 Å². The minimum atomic E-state index is -1.63. The van der Waals surface area contributed by atoms with Gasteiger partial charge in [0, 0.05) is 19.0 Å². The third-order valence-corrected chi connectivity index (χ3v) is 5.09. The quantitative estimate of drug-likeness (QED) is 0.802. The van der Waals surface area contributed by atoms with Gasteiger partial charge in [-0.05, 0) is 25.3 Å². The van der Waals surface area contributed by atoms with Crippen molar-refractivity contribution in [1.29, 1.82) is 0 Å². The number of carbonyl (C=O) groups is 2. The number of ether oxygens (including phenoxy) is 1. The van der Waals surface area contributed by atoms with Gasteiger partial charge in [-0.1, -0.05) is 36.8 Å². The molecule has 1 saturated heterocycles. The monoisotopic (exact) mass is 319 g/mol. The summed E-state index contributed by atoms with van der Waals surface area (Å²) in [5.41, 5.74) is 0.0672. The van der Waals surface area contributed by atoms with Crippen LogP contribution in [0.25, 0.3) is 0 Å². The molecule has 2 fully saturated rings. The number of esters is 1. The van der Waals surface area contributed by atoms with Gasteiger partial charge in [0.15, 0.2) is 6.17 Å². The third-order valence-electron chi connectivity index (χ3n) is 5.09. The third kappa shape index (κ3) is 2.73. The van der Waals surface area contributed by atoms with E-state index in [4.69, 9.17) is 4.74 Å². The van der Waals surface area contributed by atoms with Crippen LogP contribution >= 0.6 is 0 Å². The summed E-state index contributed by atoms with van der Waals surface area (Å²) in [5.74, 6) is -0.851. The van der Waals surface area contributed by atoms with E-state index in [0.717, 1.165) is 18.4 Å². The average Bonchev–Trinajstić information content (AvgIpc) is 2.98. The predicted molar refractivity (Wildman–Crippen MR) is 83.2 cm³/mol. The number of rotatable bonds is 4. The number of piperidine rings is 1. The Kier molecular flexibility index (Phi) is 4.37. The molecule has 0 radical (unpaired) electrons. The number of carbonyl (C=O) groups excluding carboxylic acids is 2. The number of benzene rings is 1. The molecule has 23 heavy (non-hydrogen) atoms. The minimum Gasteiger partial charge on any atom is -0.466 e. The van der Waals surface area contributed by atoms with Gasteiger partial charge < -0.3 is 9.64 Å². The van der Waals surface area contributed by atoms with Crippen LogP contribution in [0.5, 0.6) is 0 Å². The van der Waals surface area contributed by atoms with Gasteiger partial charge in [-0.2, -0.15) is 0 Å². The lowest BCUT2D eigenvalue weighted by molar-refractivity contribution is -0.171. The van der Waals surface area contributed by atoms with Crippen LogP contribution in [-0.4, -0.2) is 35.6 Å². The summed E-state index contributed by atoms with van der Waals surface area (Å²) in [6.07, 6.45) is 0.465. The Hall–Kier alpha value is -1.91. The first-order valence-corrected chi connectivity index (χ1v) is 8.24. The summed E-state index contributed by atoms with van der Waals surface area (Å²) in [6.45, 7) is 2.37. The average molecular weight is 319 g/mol. The molecule has 124 valence electrons. The second kappa shape index (κ2) is 6.30. The van der Waals surface area contributed by atoms with Crippen molar-refractivity contribution >= 4 is 11.9 Å². The molecule has 1 heterocycles. The Morgan fingerprint density at radius 1 is 1.39 bits per heavy atom. The highest BCUT2D eigenvalue weighted by Crippen LogP contribution is 2.50. The van der Waals surface area contributed by atoms with Gasteiger partial charge in [-0.15, -0.1) is 0 Å². The van der Waals surface area contributed by atoms with Gasteiger partial charge >= 0.3 is 5.97 Å². The van der Waals surface area contributed by atoms with Crippen molar-refractivity contribution in [3.05, 3.63) is 35.9 Å². The topological polar surface area (TPSA) is 46.6 Å². The fourth-order valence-electron chi connectivity index (χ4n) is 4.05. The first kappa shape index (κ1) is 16.0. The highest BCUT2D eigenvalue weighted by molar-refractivity contribution is 5.87. The van der Waals surface area contributed by atoms with Crippen molar-refractivity contribution in [3.63, 3.8) is 0 Å². The van der Waals surface area contributed by atoms with E-state index in [1.165, 1.54) is 0 Å². The molecule has 1 aliphatic heterocycles. The summed E-state index contributed by atoms with van der Waals surface area (Å²) in [7, 11) is 0. The zero-order valence-corrected chi connectivity index (χ0v) is 13.3. The zero-order chi connectivity index (χ0) is 16.4. The standard InChI is InChI=1S/C18H22FNO3/c1-2-23-17(22)18-10-6-9-15(18)20(16(21)14(19)11-18)12-13-7-4-3-5-8-13/h3-5,7-8,14-15H,2,6,9-12H2,1H3/t14?,15-,18+/m1/s1. The van der Waals surface area contributed by atoms with Crippen molar-refractivity contribution in [3.8, 4) is 0 Å². The van der Waals surface area contributed by atoms with Crippen LogP contribution in [0.4, 0.5) is 4.39 Å². The number of fused-ring (bicyclic) bond motifs is 1. The summed E-state index contributed by atoms with van der Waals surface area (Å²) < 4.78 is 19.6. The number of hydrogen-bond donors (Lipinski definition) is 0. The van der Waals surface area contributed by atoms with Gasteiger partial charge in [0.25, 0.3) is 5.91 Å². The number of nitrogens with zero attached hydrogens (tertiary/aromatic N) is 1. The fourth-order valence-corrected chi connectivity index (χ4v) is 4.05. The molecule has 4 nitrogen and oxygen atoms in total. The molecule has 1 unspecified atom stereocenters. The molecular formula is C18H22FNO3. The molecular weight excluding hydrogens is 297 g/mol. The van der Waals surface area contributed by atoms with E-state index in [9.17, 15) is 14.0 Å². The fraction of sp³-hybridized carbons (Fsp3) is 0.556. The largest absolute Gasteiger partial charge is 0.466 e. The summed E-state index contributed by atoms with van der Waals surface area (Å²) in [4.78, 5) is 26.5. The number of hydrogen-bond acceptors (Lipinski definition) is 3. The van der Waals surface area contributed by atoms with Gasteiger partial charge in [0.05, 0.1) is 12.0 Å². The molecule has 0 N–H and O–H groups in total. The van der Waals surface area contributed by atoms with Crippen molar-refractivity contribution < 1.29 is 18.7 Å². The summed E-state index contributed by atoms with van der Waals surface area (Å²) in [5, 5.41) is 0. The van der Waals surface area contributed by atoms with Crippen LogP contribution in [0, 0.1) is 5.41 Å². The predicted octanol–water partition coefficient (Wildman–Crippen LogP) is 2.86. The van der Waals surface area contributed by atoms with Crippen LogP contribution in [0.3, 0.4) is 0 Å². The van der Waals surface area contributed by atoms with Crippen molar-refractivity contribution in [2.45, 2.75) is 51.4 Å². The molecule has 1 aliphatic carbocycles. The van der Waals surface area contributed by atoms with E-state index in [-0.39, 0.29) is 25.0 Å². The van der Waals surface area contributed by atoms with Gasteiger partial charge in [0.2, 0.25) is 0 Å². The molecule has 1 amide bonds. The van der Waals surface area contributed by atoms with Gasteiger partial charge in [-0.25, -0.2) is 4.39 Å². The Bertz CT molecular complexity index is 591. The summed E-state index contributed by atoms with van der Waals surface area (Å²) in [6, 6.07) is 9.25. The lowest BCUT2D eigenvalue weighted by Crippen LogP contribution is -2.59. The second-order valence-electron chi connectivity index (χ2n) is 6.41. The molecule has 3 atom stereocenters. The first-order valence-electron chi connectivity index (χ1n) is 8.24. The van der Waals surface area contributed by atoms with Crippen molar-refractivity contribution in [2.75, 3.05) is 6.61 Å². The lowest BCUT2D eigenvalue weighted by Gasteiger charge is -2.45. The molecule has 1 aromatic rings. The van der Waals surface area contributed by atoms with Crippen LogP contribution in [-0.2, 0) is 20.9 Å². The van der Waals surface area contributed by atoms with E-state index < -0.39 is 17.5 Å². The summed E-state index contributed by atoms with van der Waals surface area (Å²) >= 11 is 0. The SMILES string of the molecule is CCOC(=O)[C@]12CCC[C@H]1N(Cc1ccccc1)C(=O)C(F)C2. The molecule has 2 aliphatic rings. The normalized spacial score (nSPS) is 30.2. The Morgan fingerprint density at radius 3 is 2.83 bits per heavy atom. The molecule has 1 saturated carbocycles. The van der Waals surface area contributed by atoms with E-state index in [0.29, 0.717) is 13.0 Å². The van der Waals surface area contributed by atoms with E-state index in [1.807, 2.05) is 30.3 Å². The van der Waals surface area contributed by atoms with Crippen LogP contribution in [0.2, 0.25) is 0 Å². The van der Waals surface area contributed by atoms with Crippen LogP contribution in [0.15, 0.2) is 30.3 Å². The highest BCUT2D eigenvalue weighted by atomic mass is 19.1. The molecule has 5 heteroatoms. The number of amides is 1. The number of halogens is 1. The minimum absolute atomic E-state index is 0.0410. The lowest BCUT2D eigenvalue weighted by atomic mass is 9.73.